The average molecular weight is 339 g/mol. The largest absolute Gasteiger partial charge is 0.471 e. The Morgan fingerprint density at radius 2 is 2.08 bits per heavy atom. The van der Waals surface area contributed by atoms with Crippen molar-refractivity contribution in [3.63, 3.8) is 0 Å². The maximum absolute atomic E-state index is 12.2. The second kappa shape index (κ2) is 7.21. The zero-order valence-corrected chi connectivity index (χ0v) is 14.6. The molecule has 1 amide bonds. The van der Waals surface area contributed by atoms with Crippen molar-refractivity contribution < 1.29 is 9.53 Å². The van der Waals surface area contributed by atoms with Gasteiger partial charge >= 0.3 is 0 Å². The Balaban J connectivity index is 1.59. The standard InChI is InChI=1S/C18H21N5O2/c1-4-22-8-7-16(21-22)18(24)20-15-10-19-23(11-15)12-25-17-6-5-13(2)9-14(17)3/h5-11H,4,12H2,1-3H3,(H,20,24). The van der Waals surface area contributed by atoms with Crippen LogP contribution < -0.4 is 10.1 Å². The van der Waals surface area contributed by atoms with Gasteiger partial charge in [-0.15, -0.1) is 0 Å². The summed E-state index contributed by atoms with van der Waals surface area (Å²) in [6, 6.07) is 7.71. The smallest absolute Gasteiger partial charge is 0.276 e. The van der Waals surface area contributed by atoms with Crippen LogP contribution in [-0.2, 0) is 13.3 Å². The lowest BCUT2D eigenvalue weighted by Gasteiger charge is -2.09. The van der Waals surface area contributed by atoms with Crippen LogP contribution in [0, 0.1) is 13.8 Å². The Bertz CT molecular complexity index is 881. The first kappa shape index (κ1) is 16.8. The van der Waals surface area contributed by atoms with Crippen molar-refractivity contribution in [3.05, 3.63) is 59.7 Å². The predicted molar refractivity (Wildman–Crippen MR) is 94.6 cm³/mol. The van der Waals surface area contributed by atoms with E-state index in [-0.39, 0.29) is 12.6 Å². The fourth-order valence-electron chi connectivity index (χ4n) is 2.45. The Morgan fingerprint density at radius 1 is 1.24 bits per heavy atom. The highest BCUT2D eigenvalue weighted by molar-refractivity contribution is 6.02. The van der Waals surface area contributed by atoms with Crippen LogP contribution in [0.2, 0.25) is 0 Å². The molecule has 0 unspecified atom stereocenters. The third kappa shape index (κ3) is 4.06. The molecule has 3 rings (SSSR count). The average Bonchev–Trinajstić information content (AvgIpc) is 3.23. The molecule has 0 saturated carbocycles. The minimum atomic E-state index is -0.262. The third-order valence-electron chi connectivity index (χ3n) is 3.77. The molecule has 0 aliphatic heterocycles. The highest BCUT2D eigenvalue weighted by Gasteiger charge is 2.11. The number of hydrogen-bond donors (Lipinski definition) is 1. The molecule has 130 valence electrons. The summed E-state index contributed by atoms with van der Waals surface area (Å²) >= 11 is 0. The Morgan fingerprint density at radius 3 is 2.80 bits per heavy atom. The fourth-order valence-corrected chi connectivity index (χ4v) is 2.45. The van der Waals surface area contributed by atoms with Gasteiger partial charge in [0.25, 0.3) is 5.91 Å². The number of nitrogens with one attached hydrogen (secondary N) is 1. The molecule has 0 aliphatic rings. The van der Waals surface area contributed by atoms with Crippen LogP contribution in [0.3, 0.4) is 0 Å². The molecule has 0 atom stereocenters. The maximum Gasteiger partial charge on any atom is 0.276 e. The quantitative estimate of drug-likeness (QED) is 0.749. The van der Waals surface area contributed by atoms with Crippen molar-refractivity contribution in [2.75, 3.05) is 5.32 Å². The zero-order chi connectivity index (χ0) is 17.8. The first-order valence-corrected chi connectivity index (χ1v) is 8.12. The van der Waals surface area contributed by atoms with Crippen LogP contribution >= 0.6 is 0 Å². The lowest BCUT2D eigenvalue weighted by Crippen LogP contribution is -2.13. The number of carbonyl (C=O) groups excluding carboxylic acids is 1. The Labute approximate surface area is 146 Å². The van der Waals surface area contributed by atoms with Crippen LogP contribution in [-0.4, -0.2) is 25.5 Å². The zero-order valence-electron chi connectivity index (χ0n) is 14.6. The summed E-state index contributed by atoms with van der Waals surface area (Å²) in [5.74, 6) is 0.554. The molecule has 1 N–H and O–H groups in total. The van der Waals surface area contributed by atoms with Crippen LogP contribution in [0.5, 0.6) is 5.75 Å². The van der Waals surface area contributed by atoms with E-state index in [9.17, 15) is 4.79 Å². The van der Waals surface area contributed by atoms with Gasteiger partial charge in [0.05, 0.1) is 18.1 Å². The number of ether oxygens (including phenoxy) is 1. The molecular weight excluding hydrogens is 318 g/mol. The summed E-state index contributed by atoms with van der Waals surface area (Å²) in [4.78, 5) is 12.2. The number of amides is 1. The summed E-state index contributed by atoms with van der Waals surface area (Å²) in [6.45, 7) is 7.01. The molecule has 0 saturated heterocycles. The summed E-state index contributed by atoms with van der Waals surface area (Å²) in [5.41, 5.74) is 3.24. The van der Waals surface area contributed by atoms with Gasteiger partial charge in [0.1, 0.15) is 5.75 Å². The van der Waals surface area contributed by atoms with E-state index in [1.54, 1.807) is 34.0 Å². The van der Waals surface area contributed by atoms with Gasteiger partial charge in [0, 0.05) is 12.7 Å². The number of anilines is 1. The lowest BCUT2D eigenvalue weighted by atomic mass is 10.1. The molecule has 0 radical (unpaired) electrons. The van der Waals surface area contributed by atoms with Gasteiger partial charge in [0.15, 0.2) is 12.4 Å². The van der Waals surface area contributed by atoms with Crippen LogP contribution in [0.4, 0.5) is 5.69 Å². The molecule has 0 bridgehead atoms. The SMILES string of the molecule is CCn1ccc(C(=O)Nc2cnn(COc3ccc(C)cc3C)c2)n1. The molecular formula is C18H21N5O2. The Hall–Kier alpha value is -3.09. The lowest BCUT2D eigenvalue weighted by molar-refractivity contribution is 0.102. The van der Waals surface area contributed by atoms with Crippen molar-refractivity contribution in [2.24, 2.45) is 0 Å². The number of aryl methyl sites for hydroxylation is 3. The third-order valence-corrected chi connectivity index (χ3v) is 3.77. The van der Waals surface area contributed by atoms with E-state index in [0.29, 0.717) is 11.4 Å². The summed E-state index contributed by atoms with van der Waals surface area (Å²) < 4.78 is 9.10. The van der Waals surface area contributed by atoms with Crippen molar-refractivity contribution in [2.45, 2.75) is 34.0 Å². The van der Waals surface area contributed by atoms with Gasteiger partial charge < -0.3 is 10.1 Å². The van der Waals surface area contributed by atoms with E-state index in [1.165, 1.54) is 5.56 Å². The topological polar surface area (TPSA) is 74.0 Å². The van der Waals surface area contributed by atoms with Crippen LogP contribution in [0.25, 0.3) is 0 Å². The number of hydrogen-bond acceptors (Lipinski definition) is 4. The van der Waals surface area contributed by atoms with Crippen molar-refractivity contribution in [3.8, 4) is 5.75 Å². The first-order chi connectivity index (χ1) is 12.0. The highest BCUT2D eigenvalue weighted by atomic mass is 16.5. The maximum atomic E-state index is 12.2. The number of benzene rings is 1. The molecule has 2 heterocycles. The summed E-state index contributed by atoms with van der Waals surface area (Å²) in [5, 5.41) is 11.2. The molecule has 1 aromatic carbocycles. The summed E-state index contributed by atoms with van der Waals surface area (Å²) in [7, 11) is 0. The van der Waals surface area contributed by atoms with Crippen molar-refractivity contribution in [1.29, 1.82) is 0 Å². The molecule has 2 aromatic heterocycles. The second-order valence-electron chi connectivity index (χ2n) is 5.82. The summed E-state index contributed by atoms with van der Waals surface area (Å²) in [6.07, 6.45) is 5.08. The van der Waals surface area contributed by atoms with Gasteiger partial charge in [0.2, 0.25) is 0 Å². The molecule has 7 nitrogen and oxygen atoms in total. The van der Waals surface area contributed by atoms with E-state index in [0.717, 1.165) is 17.9 Å². The predicted octanol–water partition coefficient (Wildman–Crippen LogP) is 3.01. The molecule has 0 spiro atoms. The van der Waals surface area contributed by atoms with Gasteiger partial charge in [-0.1, -0.05) is 17.7 Å². The molecule has 25 heavy (non-hydrogen) atoms. The van der Waals surface area contributed by atoms with Crippen molar-refractivity contribution in [1.82, 2.24) is 19.6 Å². The van der Waals surface area contributed by atoms with E-state index in [1.807, 2.05) is 32.9 Å². The van der Waals surface area contributed by atoms with E-state index < -0.39 is 0 Å². The number of aromatic nitrogens is 4. The number of nitrogens with zero attached hydrogens (tertiary/aromatic N) is 4. The Kier molecular flexibility index (Phi) is 4.83. The normalized spacial score (nSPS) is 10.7. The minimum absolute atomic E-state index is 0.262. The number of rotatable bonds is 6. The molecule has 7 heteroatoms. The van der Waals surface area contributed by atoms with E-state index in [4.69, 9.17) is 4.74 Å². The first-order valence-electron chi connectivity index (χ1n) is 8.12. The van der Waals surface area contributed by atoms with Gasteiger partial charge in [-0.3, -0.25) is 9.48 Å². The van der Waals surface area contributed by atoms with Crippen molar-refractivity contribution >= 4 is 11.6 Å². The van der Waals surface area contributed by atoms with Crippen LogP contribution in [0.1, 0.15) is 28.5 Å². The molecule has 0 aliphatic carbocycles. The van der Waals surface area contributed by atoms with E-state index in [2.05, 4.69) is 21.6 Å². The minimum Gasteiger partial charge on any atom is -0.471 e. The van der Waals surface area contributed by atoms with Gasteiger partial charge in [-0.25, -0.2) is 4.68 Å². The van der Waals surface area contributed by atoms with Gasteiger partial charge in [-0.2, -0.15) is 10.2 Å². The molecule has 0 fully saturated rings. The monoisotopic (exact) mass is 339 g/mol. The second-order valence-corrected chi connectivity index (χ2v) is 5.82. The van der Waals surface area contributed by atoms with Crippen LogP contribution in [0.15, 0.2) is 42.9 Å². The van der Waals surface area contributed by atoms with E-state index >= 15 is 0 Å². The highest BCUT2D eigenvalue weighted by Crippen LogP contribution is 2.19. The number of carbonyl (C=O) groups is 1. The molecule has 3 aromatic rings. The fraction of sp³-hybridized carbons (Fsp3) is 0.278. The van der Waals surface area contributed by atoms with Gasteiger partial charge in [-0.05, 0) is 38.5 Å².